The molecule has 1 aromatic heterocycles. The van der Waals surface area contributed by atoms with Crippen molar-refractivity contribution in [1.82, 2.24) is 5.32 Å². The number of carbonyl (C=O) groups is 1. The lowest BCUT2D eigenvalue weighted by Crippen LogP contribution is -2.54. The average molecular weight is 255 g/mol. The quantitative estimate of drug-likeness (QED) is 0.834. The van der Waals surface area contributed by atoms with E-state index >= 15 is 0 Å². The molecule has 17 heavy (non-hydrogen) atoms. The lowest BCUT2D eigenvalue weighted by Gasteiger charge is -2.24. The summed E-state index contributed by atoms with van der Waals surface area (Å²) in [6.07, 6.45) is -4.18. The minimum Gasteiger partial charge on any atom is -0.467 e. The Morgan fingerprint density at radius 1 is 1.47 bits per heavy atom. The Balaban J connectivity index is 2.68. The van der Waals surface area contributed by atoms with E-state index in [1.54, 1.807) is 5.32 Å². The van der Waals surface area contributed by atoms with Crippen LogP contribution in [-0.2, 0) is 16.1 Å². The molecule has 0 aliphatic carbocycles. The van der Waals surface area contributed by atoms with Crippen LogP contribution < -0.4 is 5.32 Å². The number of rotatable bonds is 4. The molecule has 1 N–H and O–H groups in total. The van der Waals surface area contributed by atoms with Crippen molar-refractivity contribution in [2.75, 3.05) is 7.11 Å². The van der Waals surface area contributed by atoms with Gasteiger partial charge in [0.25, 0.3) is 5.91 Å². The van der Waals surface area contributed by atoms with Gasteiger partial charge in [0.05, 0.1) is 12.8 Å². The van der Waals surface area contributed by atoms with Gasteiger partial charge in [-0.15, -0.1) is 0 Å². The molecule has 1 aromatic rings. The molecule has 0 aliphatic rings. The van der Waals surface area contributed by atoms with Gasteiger partial charge in [-0.1, -0.05) is 0 Å². The molecule has 0 fully saturated rings. The minimum atomic E-state index is -5.45. The predicted octanol–water partition coefficient (Wildman–Crippen LogP) is 1.77. The zero-order valence-corrected chi connectivity index (χ0v) is 8.68. The average Bonchev–Trinajstić information content (AvgIpc) is 2.75. The molecule has 0 aliphatic heterocycles. The summed E-state index contributed by atoms with van der Waals surface area (Å²) in [7, 11) is 0.458. The maximum absolute atomic E-state index is 13.3. The Morgan fingerprint density at radius 2 is 2.12 bits per heavy atom. The SMILES string of the molecule is CO[C@](F)(C(=O)NCc1ccco1)C(F)(F)F. The van der Waals surface area contributed by atoms with Crippen molar-refractivity contribution in [3.05, 3.63) is 24.2 Å². The Morgan fingerprint density at radius 3 is 2.53 bits per heavy atom. The fourth-order valence-corrected chi connectivity index (χ4v) is 1.03. The predicted molar refractivity (Wildman–Crippen MR) is 47.5 cm³/mol. The second-order valence-corrected chi connectivity index (χ2v) is 3.06. The zero-order chi connectivity index (χ0) is 13.1. The lowest BCUT2D eigenvalue weighted by atomic mass is 10.2. The summed E-state index contributed by atoms with van der Waals surface area (Å²) < 4.78 is 58.3. The first kappa shape index (κ1) is 13.5. The summed E-state index contributed by atoms with van der Waals surface area (Å²) in [5.74, 6) is -6.09. The van der Waals surface area contributed by atoms with Crippen LogP contribution in [0.15, 0.2) is 22.8 Å². The number of methoxy groups -OCH3 is 1. The summed E-state index contributed by atoms with van der Waals surface area (Å²) in [4.78, 5) is 11.1. The summed E-state index contributed by atoms with van der Waals surface area (Å²) in [6.45, 7) is -0.364. The molecule has 0 bridgehead atoms. The Bertz CT molecular complexity index is 376. The molecule has 0 unspecified atom stereocenters. The monoisotopic (exact) mass is 255 g/mol. The maximum Gasteiger partial charge on any atom is 0.458 e. The topological polar surface area (TPSA) is 51.5 Å². The number of alkyl halides is 4. The van der Waals surface area contributed by atoms with Crippen LogP contribution in [0, 0.1) is 0 Å². The molecule has 0 spiro atoms. The third-order valence-corrected chi connectivity index (χ3v) is 1.94. The second-order valence-electron chi connectivity index (χ2n) is 3.06. The van der Waals surface area contributed by atoms with Gasteiger partial charge in [0, 0.05) is 7.11 Å². The third kappa shape index (κ3) is 2.76. The summed E-state index contributed by atoms with van der Waals surface area (Å²) >= 11 is 0. The smallest absolute Gasteiger partial charge is 0.458 e. The first-order valence-corrected chi connectivity index (χ1v) is 4.42. The van der Waals surface area contributed by atoms with E-state index < -0.39 is 17.9 Å². The number of furan rings is 1. The molecule has 0 saturated heterocycles. The third-order valence-electron chi connectivity index (χ3n) is 1.94. The Kier molecular flexibility index (Phi) is 3.76. The van der Waals surface area contributed by atoms with Crippen LogP contribution in [0.5, 0.6) is 0 Å². The highest BCUT2D eigenvalue weighted by Crippen LogP contribution is 2.34. The minimum absolute atomic E-state index is 0.193. The maximum atomic E-state index is 13.3. The van der Waals surface area contributed by atoms with Crippen molar-refractivity contribution in [2.24, 2.45) is 0 Å². The highest BCUT2D eigenvalue weighted by molar-refractivity contribution is 5.84. The van der Waals surface area contributed by atoms with E-state index in [4.69, 9.17) is 4.42 Å². The van der Waals surface area contributed by atoms with Crippen molar-refractivity contribution in [1.29, 1.82) is 0 Å². The fraction of sp³-hybridized carbons (Fsp3) is 0.444. The van der Waals surface area contributed by atoms with Crippen LogP contribution in [0.4, 0.5) is 17.6 Å². The van der Waals surface area contributed by atoms with E-state index in [1.165, 1.54) is 18.4 Å². The largest absolute Gasteiger partial charge is 0.467 e. The molecular formula is C9H9F4NO3. The highest BCUT2D eigenvalue weighted by Gasteiger charge is 2.63. The van der Waals surface area contributed by atoms with Crippen molar-refractivity contribution in [3.63, 3.8) is 0 Å². The van der Waals surface area contributed by atoms with E-state index in [9.17, 15) is 22.4 Å². The van der Waals surface area contributed by atoms with Crippen molar-refractivity contribution in [2.45, 2.75) is 18.6 Å². The molecule has 1 heterocycles. The van der Waals surface area contributed by atoms with Gasteiger partial charge in [-0.2, -0.15) is 17.6 Å². The second kappa shape index (κ2) is 4.74. The molecule has 1 atom stereocenters. The fourth-order valence-electron chi connectivity index (χ4n) is 1.03. The van der Waals surface area contributed by atoms with Gasteiger partial charge in [-0.3, -0.25) is 4.79 Å². The van der Waals surface area contributed by atoms with E-state index in [-0.39, 0.29) is 12.3 Å². The number of hydrogen-bond acceptors (Lipinski definition) is 3. The summed E-state index contributed by atoms with van der Waals surface area (Å²) in [5, 5.41) is 1.73. The molecule has 4 nitrogen and oxygen atoms in total. The number of nitrogens with one attached hydrogen (secondary N) is 1. The Hall–Kier alpha value is -1.57. The Labute approximate surface area is 93.5 Å². The van der Waals surface area contributed by atoms with Gasteiger partial charge < -0.3 is 14.5 Å². The number of carbonyl (C=O) groups excluding carboxylic acids is 1. The number of hydrogen-bond donors (Lipinski definition) is 1. The molecule has 96 valence electrons. The van der Waals surface area contributed by atoms with Gasteiger partial charge in [-0.25, -0.2) is 0 Å². The van der Waals surface area contributed by atoms with Gasteiger partial charge >= 0.3 is 12.0 Å². The summed E-state index contributed by atoms with van der Waals surface area (Å²) in [5.41, 5.74) is 0. The molecule has 0 aromatic carbocycles. The molecule has 0 radical (unpaired) electrons. The van der Waals surface area contributed by atoms with E-state index in [1.807, 2.05) is 0 Å². The molecule has 8 heteroatoms. The lowest BCUT2D eigenvalue weighted by molar-refractivity contribution is -0.307. The van der Waals surface area contributed by atoms with E-state index in [0.717, 1.165) is 0 Å². The first-order valence-electron chi connectivity index (χ1n) is 4.42. The van der Waals surface area contributed by atoms with Crippen LogP contribution >= 0.6 is 0 Å². The summed E-state index contributed by atoms with van der Waals surface area (Å²) in [6, 6.07) is 2.89. The highest BCUT2D eigenvalue weighted by atomic mass is 19.4. The molecule has 1 amide bonds. The van der Waals surface area contributed by atoms with E-state index in [2.05, 4.69) is 4.74 Å². The standard InChI is InChI=1S/C9H9F4NO3/c1-16-8(10,9(11,12)13)7(15)14-5-6-3-2-4-17-6/h2-4H,5H2,1H3,(H,14,15)/t8-/m1/s1. The van der Waals surface area contributed by atoms with Crippen LogP contribution in [-0.4, -0.2) is 25.0 Å². The molecule has 0 saturated carbocycles. The van der Waals surface area contributed by atoms with Crippen LogP contribution in [0.25, 0.3) is 0 Å². The van der Waals surface area contributed by atoms with Gasteiger partial charge in [-0.05, 0) is 12.1 Å². The van der Waals surface area contributed by atoms with Crippen LogP contribution in [0.3, 0.4) is 0 Å². The normalized spacial score (nSPS) is 15.4. The number of halogens is 4. The van der Waals surface area contributed by atoms with Gasteiger partial charge in [0.15, 0.2) is 0 Å². The van der Waals surface area contributed by atoms with Crippen LogP contribution in [0.2, 0.25) is 0 Å². The van der Waals surface area contributed by atoms with Gasteiger partial charge in [0.2, 0.25) is 0 Å². The van der Waals surface area contributed by atoms with Crippen LogP contribution in [0.1, 0.15) is 5.76 Å². The van der Waals surface area contributed by atoms with E-state index in [0.29, 0.717) is 7.11 Å². The van der Waals surface area contributed by atoms with Crippen molar-refractivity contribution < 1.29 is 31.5 Å². The number of amides is 1. The zero-order valence-electron chi connectivity index (χ0n) is 8.68. The molecule has 1 rings (SSSR count). The van der Waals surface area contributed by atoms with Crippen molar-refractivity contribution >= 4 is 5.91 Å². The molecular weight excluding hydrogens is 246 g/mol. The first-order chi connectivity index (χ1) is 7.81. The van der Waals surface area contributed by atoms with Gasteiger partial charge in [0.1, 0.15) is 5.76 Å². The number of ether oxygens (including phenoxy) is 1. The van der Waals surface area contributed by atoms with Crippen molar-refractivity contribution in [3.8, 4) is 0 Å².